The van der Waals surface area contributed by atoms with Gasteiger partial charge in [-0.05, 0) is 19.1 Å². The molecule has 2 aromatic rings. The van der Waals surface area contributed by atoms with Crippen LogP contribution in [0.25, 0.3) is 11.3 Å². The number of nitrogens with one attached hydrogen (secondary N) is 1. The van der Waals surface area contributed by atoms with Crippen molar-refractivity contribution < 1.29 is 31.8 Å². The Hall–Kier alpha value is -2.65. The predicted octanol–water partition coefficient (Wildman–Crippen LogP) is 2.69. The van der Waals surface area contributed by atoms with Crippen LogP contribution in [0.15, 0.2) is 18.2 Å². The molecule has 0 saturated carbocycles. The number of hydrogen-bond acceptors (Lipinski definition) is 5. The van der Waals surface area contributed by atoms with Crippen molar-refractivity contribution in [1.29, 1.82) is 0 Å². The maximum absolute atomic E-state index is 13.9. The summed E-state index contributed by atoms with van der Waals surface area (Å²) in [6.45, 7) is 1.53. The predicted molar refractivity (Wildman–Crippen MR) is 64.4 cm³/mol. The molecule has 0 aliphatic rings. The third kappa shape index (κ3) is 3.32. The number of esters is 1. The monoisotopic (exact) mass is 319 g/mol. The average molecular weight is 319 g/mol. The number of halogens is 4. The number of hydrogen-bond donors (Lipinski definition) is 1. The molecule has 1 heterocycles. The van der Waals surface area contributed by atoms with Crippen molar-refractivity contribution in [1.82, 2.24) is 15.4 Å². The summed E-state index contributed by atoms with van der Waals surface area (Å²) in [7, 11) is 0. The van der Waals surface area contributed by atoms with E-state index < -0.39 is 40.8 Å². The molecule has 0 aliphatic carbocycles. The third-order valence-corrected chi connectivity index (χ3v) is 2.45. The Bertz CT molecular complexity index is 684. The van der Waals surface area contributed by atoms with Crippen molar-refractivity contribution in [2.75, 3.05) is 6.61 Å². The van der Waals surface area contributed by atoms with Crippen molar-refractivity contribution in [3.63, 3.8) is 0 Å². The highest BCUT2D eigenvalue weighted by atomic mass is 19.4. The summed E-state index contributed by atoms with van der Waals surface area (Å²) in [5.41, 5.74) is -1.52. The van der Waals surface area contributed by atoms with Crippen LogP contribution in [0.2, 0.25) is 0 Å². The Morgan fingerprint density at radius 2 is 2.05 bits per heavy atom. The van der Waals surface area contributed by atoms with Gasteiger partial charge in [-0.1, -0.05) is 6.07 Å². The maximum atomic E-state index is 13.9. The lowest BCUT2D eigenvalue weighted by Crippen LogP contribution is -2.18. The molecule has 22 heavy (non-hydrogen) atoms. The normalized spacial score (nSPS) is 11.3. The van der Waals surface area contributed by atoms with E-state index >= 15 is 0 Å². The summed E-state index contributed by atoms with van der Waals surface area (Å²) in [6, 6.07) is 2.84. The minimum absolute atomic E-state index is 0.00825. The highest BCUT2D eigenvalue weighted by Gasteiger charge is 2.34. The minimum Gasteiger partial charge on any atom is -0.461 e. The van der Waals surface area contributed by atoms with Crippen molar-refractivity contribution in [2.45, 2.75) is 13.3 Å². The number of benzene rings is 1. The van der Waals surface area contributed by atoms with Crippen molar-refractivity contribution >= 4 is 5.97 Å². The number of aromatic amines is 1. The van der Waals surface area contributed by atoms with Gasteiger partial charge in [0.05, 0.1) is 12.2 Å². The van der Waals surface area contributed by atoms with E-state index in [1.54, 1.807) is 0 Å². The second-order valence-electron chi connectivity index (χ2n) is 3.90. The topological polar surface area (TPSA) is 77.1 Å². The fraction of sp³-hybridized carbons (Fsp3) is 0.250. The van der Waals surface area contributed by atoms with E-state index in [4.69, 9.17) is 0 Å². The van der Waals surface area contributed by atoms with Crippen LogP contribution in [0.5, 0.6) is 5.75 Å². The summed E-state index contributed by atoms with van der Waals surface area (Å²) < 4.78 is 59.6. The van der Waals surface area contributed by atoms with Gasteiger partial charge in [0.25, 0.3) is 0 Å². The van der Waals surface area contributed by atoms with E-state index in [1.807, 2.05) is 5.21 Å². The fourth-order valence-electron chi connectivity index (χ4n) is 1.69. The van der Waals surface area contributed by atoms with Crippen molar-refractivity contribution in [3.05, 3.63) is 29.7 Å². The van der Waals surface area contributed by atoms with E-state index in [-0.39, 0.29) is 6.61 Å². The molecule has 0 aliphatic heterocycles. The zero-order valence-corrected chi connectivity index (χ0v) is 11.1. The van der Waals surface area contributed by atoms with Gasteiger partial charge in [-0.2, -0.15) is 10.3 Å². The quantitative estimate of drug-likeness (QED) is 0.692. The van der Waals surface area contributed by atoms with E-state index in [9.17, 15) is 22.4 Å². The van der Waals surface area contributed by atoms with Crippen molar-refractivity contribution in [2.24, 2.45) is 0 Å². The second kappa shape index (κ2) is 6.00. The minimum atomic E-state index is -5.03. The molecular formula is C12H9F4N3O3. The number of carbonyl (C=O) groups excluding carboxylic acids is 1. The first kappa shape index (κ1) is 15.7. The van der Waals surface area contributed by atoms with Gasteiger partial charge in [-0.25, -0.2) is 9.18 Å². The molecule has 1 aromatic heterocycles. The van der Waals surface area contributed by atoms with E-state index in [0.717, 1.165) is 18.2 Å². The van der Waals surface area contributed by atoms with Gasteiger partial charge in [0, 0.05) is 0 Å². The van der Waals surface area contributed by atoms with Crippen LogP contribution in [-0.4, -0.2) is 34.3 Å². The molecule has 118 valence electrons. The molecule has 1 aromatic carbocycles. The molecule has 0 unspecified atom stereocenters. The first-order chi connectivity index (χ1) is 10.3. The molecule has 10 heteroatoms. The molecule has 0 saturated heterocycles. The molecule has 6 nitrogen and oxygen atoms in total. The zero-order valence-electron chi connectivity index (χ0n) is 11.1. The average Bonchev–Trinajstić information content (AvgIpc) is 2.86. The highest BCUT2D eigenvalue weighted by molar-refractivity contribution is 5.94. The summed E-state index contributed by atoms with van der Waals surface area (Å²) in [6.07, 6.45) is -5.03. The van der Waals surface area contributed by atoms with Crippen molar-refractivity contribution in [3.8, 4) is 17.0 Å². The van der Waals surface area contributed by atoms with Gasteiger partial charge < -0.3 is 9.47 Å². The van der Waals surface area contributed by atoms with Gasteiger partial charge in [0.2, 0.25) is 0 Å². The molecule has 0 radical (unpaired) electrons. The van der Waals surface area contributed by atoms with Gasteiger partial charge in [0.15, 0.2) is 5.69 Å². The Morgan fingerprint density at radius 3 is 2.68 bits per heavy atom. The number of carbonyl (C=O) groups is 1. The Labute approximate surface area is 121 Å². The smallest absolute Gasteiger partial charge is 0.461 e. The largest absolute Gasteiger partial charge is 0.573 e. The summed E-state index contributed by atoms with van der Waals surface area (Å²) in [5.74, 6) is -2.85. The number of nitrogens with zero attached hydrogens (tertiary/aromatic N) is 2. The first-order valence-corrected chi connectivity index (χ1v) is 5.96. The Kier molecular flexibility index (Phi) is 4.29. The second-order valence-corrected chi connectivity index (χ2v) is 3.90. The van der Waals surface area contributed by atoms with Gasteiger partial charge in [0.1, 0.15) is 17.3 Å². The number of ether oxygens (including phenoxy) is 2. The Morgan fingerprint density at radius 1 is 1.32 bits per heavy atom. The highest BCUT2D eigenvalue weighted by Crippen LogP contribution is 2.36. The molecule has 0 amide bonds. The molecule has 0 atom stereocenters. The van der Waals surface area contributed by atoms with Crippen LogP contribution >= 0.6 is 0 Å². The number of alkyl halides is 3. The van der Waals surface area contributed by atoms with Crippen LogP contribution < -0.4 is 4.74 Å². The summed E-state index contributed by atoms with van der Waals surface area (Å²) >= 11 is 0. The SMILES string of the molecule is CCOC(=O)c1n[nH]nc1-c1c(F)cccc1OC(F)(F)F. The van der Waals surface area contributed by atoms with Crippen LogP contribution in [0, 0.1) is 5.82 Å². The number of H-pyrrole nitrogens is 1. The molecule has 0 fully saturated rings. The van der Waals surface area contributed by atoms with Gasteiger partial charge in [-0.3, -0.25) is 0 Å². The number of rotatable bonds is 4. The lowest BCUT2D eigenvalue weighted by molar-refractivity contribution is -0.274. The van der Waals surface area contributed by atoms with Crippen LogP contribution in [-0.2, 0) is 4.74 Å². The molecule has 0 spiro atoms. The summed E-state index contributed by atoms with van der Waals surface area (Å²) in [5, 5.41) is 9.04. The van der Waals surface area contributed by atoms with E-state index in [0.29, 0.717) is 0 Å². The van der Waals surface area contributed by atoms with E-state index in [1.165, 1.54) is 6.92 Å². The summed E-state index contributed by atoms with van der Waals surface area (Å²) in [4.78, 5) is 11.7. The van der Waals surface area contributed by atoms with Crippen LogP contribution in [0.3, 0.4) is 0 Å². The van der Waals surface area contributed by atoms with Gasteiger partial charge >= 0.3 is 12.3 Å². The van der Waals surface area contributed by atoms with Crippen LogP contribution in [0.1, 0.15) is 17.4 Å². The first-order valence-electron chi connectivity index (χ1n) is 5.96. The standard InChI is InChI=1S/C12H9F4N3O3/c1-2-21-11(20)10-9(17-19-18-10)8-6(13)4-3-5-7(8)22-12(14,15)16/h3-5H,2H2,1H3,(H,17,18,19). The molecule has 1 N–H and O–H groups in total. The zero-order chi connectivity index (χ0) is 16.3. The molecule has 2 rings (SSSR count). The molecule has 0 bridgehead atoms. The third-order valence-electron chi connectivity index (χ3n) is 2.45. The van der Waals surface area contributed by atoms with E-state index in [2.05, 4.69) is 19.7 Å². The maximum Gasteiger partial charge on any atom is 0.573 e. The lowest BCUT2D eigenvalue weighted by Gasteiger charge is -2.12. The number of aromatic nitrogens is 3. The van der Waals surface area contributed by atoms with Gasteiger partial charge in [-0.15, -0.1) is 18.3 Å². The fourth-order valence-corrected chi connectivity index (χ4v) is 1.69. The Balaban J connectivity index is 2.54. The lowest BCUT2D eigenvalue weighted by atomic mass is 10.1. The molecular weight excluding hydrogens is 310 g/mol. The van der Waals surface area contributed by atoms with Crippen LogP contribution in [0.4, 0.5) is 17.6 Å².